The van der Waals surface area contributed by atoms with Crippen molar-refractivity contribution in [1.29, 1.82) is 0 Å². The van der Waals surface area contributed by atoms with Gasteiger partial charge in [-0.2, -0.15) is 4.98 Å². The minimum atomic E-state index is -0.668. The van der Waals surface area contributed by atoms with Crippen LogP contribution < -0.4 is 10.2 Å². The van der Waals surface area contributed by atoms with Crippen LogP contribution in [0.15, 0.2) is 42.7 Å². The van der Waals surface area contributed by atoms with Gasteiger partial charge in [-0.15, -0.1) is 5.10 Å². The first-order chi connectivity index (χ1) is 14.5. The van der Waals surface area contributed by atoms with Gasteiger partial charge < -0.3 is 19.7 Å². The van der Waals surface area contributed by atoms with Gasteiger partial charge >= 0.3 is 0 Å². The molecule has 2 saturated heterocycles. The monoisotopic (exact) mass is 413 g/mol. The molecule has 1 N–H and O–H groups in total. The lowest BCUT2D eigenvalue weighted by atomic mass is 9.99. The van der Waals surface area contributed by atoms with Crippen molar-refractivity contribution < 1.29 is 18.3 Å². The van der Waals surface area contributed by atoms with Crippen LogP contribution in [-0.2, 0) is 9.47 Å². The minimum absolute atomic E-state index is 0.198. The summed E-state index contributed by atoms with van der Waals surface area (Å²) < 4.78 is 39.5. The summed E-state index contributed by atoms with van der Waals surface area (Å²) in [5, 5.41) is 7.47. The number of ether oxygens (including phenoxy) is 2. The Bertz CT molecular complexity index is 1060. The van der Waals surface area contributed by atoms with E-state index in [1.165, 1.54) is 23.1 Å². The normalized spacial score (nSPS) is 17.8. The molecule has 0 saturated carbocycles. The SMILES string of the molecule is Cc1cc(Nc2ncn(-c3cc(F)cc(F)c3)n2)cc(N2CCOC3(COC3)C2)c1. The predicted molar refractivity (Wildman–Crippen MR) is 107 cm³/mol. The molecule has 3 heterocycles. The maximum absolute atomic E-state index is 13.5. The second-order valence-corrected chi connectivity index (χ2v) is 7.77. The lowest BCUT2D eigenvalue weighted by Gasteiger charge is -2.48. The molecule has 0 unspecified atom stereocenters. The van der Waals surface area contributed by atoms with Crippen molar-refractivity contribution in [3.63, 3.8) is 0 Å². The maximum atomic E-state index is 13.5. The largest absolute Gasteiger partial charge is 0.375 e. The van der Waals surface area contributed by atoms with Crippen LogP contribution in [0.2, 0.25) is 0 Å². The van der Waals surface area contributed by atoms with Crippen molar-refractivity contribution in [2.24, 2.45) is 0 Å². The second kappa shape index (κ2) is 7.33. The minimum Gasteiger partial charge on any atom is -0.375 e. The summed E-state index contributed by atoms with van der Waals surface area (Å²) in [6.07, 6.45) is 1.41. The van der Waals surface area contributed by atoms with E-state index < -0.39 is 11.6 Å². The molecule has 0 atom stereocenters. The van der Waals surface area contributed by atoms with Crippen molar-refractivity contribution in [3.8, 4) is 5.69 Å². The van der Waals surface area contributed by atoms with Gasteiger partial charge in [0.15, 0.2) is 0 Å². The molecule has 3 aromatic rings. The van der Waals surface area contributed by atoms with Crippen molar-refractivity contribution in [2.75, 3.05) is 43.1 Å². The van der Waals surface area contributed by atoms with E-state index in [0.29, 0.717) is 25.8 Å². The van der Waals surface area contributed by atoms with Crippen LogP contribution in [0.1, 0.15) is 5.56 Å². The summed E-state index contributed by atoms with van der Waals surface area (Å²) in [5.74, 6) is -1.00. The number of benzene rings is 2. The number of aromatic nitrogens is 3. The van der Waals surface area contributed by atoms with E-state index in [9.17, 15) is 8.78 Å². The number of hydrogen-bond acceptors (Lipinski definition) is 6. The third kappa shape index (κ3) is 3.73. The molecule has 2 aromatic carbocycles. The number of anilines is 3. The number of nitrogens with one attached hydrogen (secondary N) is 1. The fourth-order valence-electron chi connectivity index (χ4n) is 3.83. The Balaban J connectivity index is 1.36. The lowest BCUT2D eigenvalue weighted by molar-refractivity contribution is -0.211. The zero-order valence-corrected chi connectivity index (χ0v) is 16.4. The highest BCUT2D eigenvalue weighted by atomic mass is 19.1. The number of halogens is 2. The fraction of sp³-hybridized carbons (Fsp3) is 0.333. The molecule has 9 heteroatoms. The summed E-state index contributed by atoms with van der Waals surface area (Å²) in [6.45, 7) is 5.54. The summed E-state index contributed by atoms with van der Waals surface area (Å²) in [7, 11) is 0. The van der Waals surface area contributed by atoms with Gasteiger partial charge in [-0.3, -0.25) is 0 Å². The third-order valence-corrected chi connectivity index (χ3v) is 5.27. The lowest BCUT2D eigenvalue weighted by Crippen LogP contribution is -2.63. The van der Waals surface area contributed by atoms with Crippen molar-refractivity contribution in [3.05, 3.63) is 59.9 Å². The van der Waals surface area contributed by atoms with E-state index in [4.69, 9.17) is 9.47 Å². The van der Waals surface area contributed by atoms with Gasteiger partial charge in [0.1, 0.15) is 23.6 Å². The molecule has 0 bridgehead atoms. The van der Waals surface area contributed by atoms with E-state index in [1.54, 1.807) is 0 Å². The average molecular weight is 413 g/mol. The second-order valence-electron chi connectivity index (χ2n) is 7.77. The van der Waals surface area contributed by atoms with Crippen LogP contribution in [0.25, 0.3) is 5.69 Å². The zero-order valence-electron chi connectivity index (χ0n) is 16.4. The van der Waals surface area contributed by atoms with E-state index in [-0.39, 0.29) is 11.3 Å². The average Bonchev–Trinajstić information content (AvgIpc) is 3.14. The van der Waals surface area contributed by atoms with E-state index in [2.05, 4.69) is 26.4 Å². The summed E-state index contributed by atoms with van der Waals surface area (Å²) in [5.41, 5.74) is 3.07. The van der Waals surface area contributed by atoms with E-state index in [0.717, 1.165) is 36.1 Å². The highest BCUT2D eigenvalue weighted by molar-refractivity contribution is 5.64. The summed E-state index contributed by atoms with van der Waals surface area (Å²) in [4.78, 5) is 6.51. The Morgan fingerprint density at radius 1 is 1.03 bits per heavy atom. The molecule has 156 valence electrons. The smallest absolute Gasteiger partial charge is 0.246 e. The number of aryl methyl sites for hydroxylation is 1. The van der Waals surface area contributed by atoms with Crippen LogP contribution in [0.5, 0.6) is 0 Å². The van der Waals surface area contributed by atoms with E-state index >= 15 is 0 Å². The number of hydrogen-bond donors (Lipinski definition) is 1. The van der Waals surface area contributed by atoms with Gasteiger partial charge in [0.2, 0.25) is 5.95 Å². The standard InChI is InChI=1S/C21H21F2N5O2/c1-14-4-17(9-18(5-14)27-2-3-30-21(10-27)11-29-12-21)25-20-24-13-28(26-20)19-7-15(22)6-16(23)8-19/h4-9,13H,2-3,10-12H2,1H3,(H,25,26). The Hall–Kier alpha value is -3.04. The molecule has 2 aliphatic heterocycles. The topological polar surface area (TPSA) is 64.4 Å². The number of morpholine rings is 1. The van der Waals surface area contributed by atoms with Crippen molar-refractivity contribution in [1.82, 2.24) is 14.8 Å². The Morgan fingerprint density at radius 3 is 2.57 bits per heavy atom. The molecule has 30 heavy (non-hydrogen) atoms. The van der Waals surface area contributed by atoms with Gasteiger partial charge in [-0.05, 0) is 42.8 Å². The Kier molecular flexibility index (Phi) is 4.63. The quantitative estimate of drug-likeness (QED) is 0.709. The van der Waals surface area contributed by atoms with Gasteiger partial charge in [0, 0.05) is 24.0 Å². The van der Waals surface area contributed by atoms with Gasteiger partial charge in [-0.25, -0.2) is 13.5 Å². The molecule has 0 radical (unpaired) electrons. The van der Waals surface area contributed by atoms with Crippen LogP contribution in [0, 0.1) is 18.6 Å². The zero-order chi connectivity index (χ0) is 20.7. The van der Waals surface area contributed by atoms with Crippen molar-refractivity contribution >= 4 is 17.3 Å². The molecular weight excluding hydrogens is 392 g/mol. The molecule has 1 spiro atoms. The van der Waals surface area contributed by atoms with Gasteiger partial charge in [0.05, 0.1) is 32.1 Å². The van der Waals surface area contributed by atoms with Crippen LogP contribution in [0.4, 0.5) is 26.1 Å². The molecule has 7 nitrogen and oxygen atoms in total. The fourth-order valence-corrected chi connectivity index (χ4v) is 3.83. The van der Waals surface area contributed by atoms with Crippen LogP contribution in [0.3, 0.4) is 0 Å². The Labute approximate surface area is 172 Å². The summed E-state index contributed by atoms with van der Waals surface area (Å²) >= 11 is 0. The molecule has 5 rings (SSSR count). The number of rotatable bonds is 4. The molecule has 2 fully saturated rings. The molecule has 2 aliphatic rings. The molecule has 1 aromatic heterocycles. The van der Waals surface area contributed by atoms with Crippen LogP contribution >= 0.6 is 0 Å². The highest BCUT2D eigenvalue weighted by Gasteiger charge is 2.43. The first-order valence-electron chi connectivity index (χ1n) is 9.72. The predicted octanol–water partition coefficient (Wildman–Crippen LogP) is 3.20. The third-order valence-electron chi connectivity index (χ3n) is 5.27. The van der Waals surface area contributed by atoms with Crippen LogP contribution in [-0.4, -0.2) is 53.3 Å². The Morgan fingerprint density at radius 2 is 1.83 bits per heavy atom. The highest BCUT2D eigenvalue weighted by Crippen LogP contribution is 2.31. The first kappa shape index (κ1) is 19.0. The van der Waals surface area contributed by atoms with Gasteiger partial charge in [0.25, 0.3) is 0 Å². The maximum Gasteiger partial charge on any atom is 0.246 e. The summed E-state index contributed by atoms with van der Waals surface area (Å²) in [6, 6.07) is 9.38. The van der Waals surface area contributed by atoms with E-state index in [1.807, 2.05) is 19.1 Å². The first-order valence-corrected chi connectivity index (χ1v) is 9.72. The number of nitrogens with zero attached hydrogens (tertiary/aromatic N) is 4. The molecule has 0 amide bonds. The molecular formula is C21H21F2N5O2. The van der Waals surface area contributed by atoms with Gasteiger partial charge in [-0.1, -0.05) is 0 Å². The molecule has 0 aliphatic carbocycles. The van der Waals surface area contributed by atoms with Crippen molar-refractivity contribution in [2.45, 2.75) is 12.5 Å².